The van der Waals surface area contributed by atoms with E-state index in [4.69, 9.17) is 4.74 Å². The van der Waals surface area contributed by atoms with Crippen LogP contribution in [0.15, 0.2) is 29.3 Å². The van der Waals surface area contributed by atoms with Gasteiger partial charge in [0.1, 0.15) is 23.6 Å². The molecule has 1 aromatic carbocycles. The maximum absolute atomic E-state index is 15.5. The topological polar surface area (TPSA) is 99.8 Å². The lowest BCUT2D eigenvalue weighted by Gasteiger charge is -2.31. The summed E-state index contributed by atoms with van der Waals surface area (Å²) in [6, 6.07) is 2.43. The molecule has 10 heteroatoms. The van der Waals surface area contributed by atoms with Gasteiger partial charge in [-0.15, -0.1) is 0 Å². The number of aromatic amines is 2. The number of aromatic nitrogens is 5. The normalized spacial score (nSPS) is 17.9. The molecule has 0 radical (unpaired) electrons. The Morgan fingerprint density at radius 1 is 1.12 bits per heavy atom. The standard InChI is InChI=1S/C22H20F2N6O2/c23-12-7-13(14-10-26-29-16(14)8-12)18-17(24)19-15(9-25-18)20(31)28-21(27-19)32-11-22-3-1-5-30(22)6-2-4-22/h7-10H,1-6,11H2,(H,26,29)(H,27,28,31). The molecular formula is C22H20F2N6O2. The molecule has 32 heavy (non-hydrogen) atoms. The number of nitrogens with one attached hydrogen (secondary N) is 2. The van der Waals surface area contributed by atoms with Gasteiger partial charge in [-0.3, -0.25) is 24.8 Å². The first-order chi connectivity index (χ1) is 15.5. The van der Waals surface area contributed by atoms with Crippen LogP contribution < -0.4 is 10.3 Å². The monoisotopic (exact) mass is 438 g/mol. The molecule has 164 valence electrons. The molecule has 0 atom stereocenters. The molecule has 4 aromatic rings. The lowest BCUT2D eigenvalue weighted by atomic mass is 9.95. The van der Waals surface area contributed by atoms with Crippen LogP contribution in [0.1, 0.15) is 25.7 Å². The van der Waals surface area contributed by atoms with E-state index >= 15 is 4.39 Å². The zero-order chi connectivity index (χ0) is 21.9. The molecule has 3 aromatic heterocycles. The number of benzene rings is 1. The summed E-state index contributed by atoms with van der Waals surface area (Å²) in [4.78, 5) is 25.9. The molecule has 2 fully saturated rings. The van der Waals surface area contributed by atoms with Gasteiger partial charge >= 0.3 is 0 Å². The molecule has 2 saturated heterocycles. The van der Waals surface area contributed by atoms with Crippen LogP contribution in [0.25, 0.3) is 33.1 Å². The lowest BCUT2D eigenvalue weighted by Crippen LogP contribution is -2.43. The average Bonchev–Trinajstić information content (AvgIpc) is 3.48. The first-order valence-corrected chi connectivity index (χ1v) is 10.6. The SMILES string of the molecule is O=c1[nH]c(OCC23CCCN2CCC3)nc2c(F)c(-c3cc(F)cc4[nH]ncc34)ncc12. The predicted molar refractivity (Wildman–Crippen MR) is 113 cm³/mol. The molecule has 2 aliphatic heterocycles. The number of H-pyrrole nitrogens is 2. The Morgan fingerprint density at radius 2 is 1.94 bits per heavy atom. The molecule has 2 aliphatic rings. The molecule has 5 heterocycles. The van der Waals surface area contributed by atoms with Crippen molar-refractivity contribution in [1.82, 2.24) is 30.0 Å². The van der Waals surface area contributed by atoms with Crippen molar-refractivity contribution in [3.63, 3.8) is 0 Å². The van der Waals surface area contributed by atoms with E-state index in [0.717, 1.165) is 38.8 Å². The minimum Gasteiger partial charge on any atom is -0.463 e. The number of hydrogen-bond donors (Lipinski definition) is 2. The van der Waals surface area contributed by atoms with Crippen molar-refractivity contribution < 1.29 is 13.5 Å². The third kappa shape index (κ3) is 2.89. The third-order valence-corrected chi connectivity index (χ3v) is 6.74. The van der Waals surface area contributed by atoms with Crippen molar-refractivity contribution in [2.24, 2.45) is 0 Å². The van der Waals surface area contributed by atoms with Crippen molar-refractivity contribution in [3.05, 3.63) is 46.5 Å². The van der Waals surface area contributed by atoms with Crippen molar-refractivity contribution in [3.8, 4) is 17.3 Å². The summed E-state index contributed by atoms with van der Waals surface area (Å²) in [5, 5.41) is 7.09. The quantitative estimate of drug-likeness (QED) is 0.508. The van der Waals surface area contributed by atoms with E-state index in [1.165, 1.54) is 24.5 Å². The zero-order valence-electron chi connectivity index (χ0n) is 17.1. The van der Waals surface area contributed by atoms with Crippen LogP contribution in [-0.2, 0) is 0 Å². The number of fused-ring (bicyclic) bond motifs is 3. The second-order valence-electron chi connectivity index (χ2n) is 8.55. The Balaban J connectivity index is 1.42. The summed E-state index contributed by atoms with van der Waals surface area (Å²) >= 11 is 0. The summed E-state index contributed by atoms with van der Waals surface area (Å²) < 4.78 is 35.5. The minimum absolute atomic E-state index is 0.0000341. The van der Waals surface area contributed by atoms with Crippen LogP contribution in [-0.4, -0.2) is 55.3 Å². The fourth-order valence-electron chi connectivity index (χ4n) is 5.18. The van der Waals surface area contributed by atoms with E-state index < -0.39 is 17.2 Å². The van der Waals surface area contributed by atoms with Gasteiger partial charge in [0, 0.05) is 17.1 Å². The van der Waals surface area contributed by atoms with Crippen LogP contribution in [0.3, 0.4) is 0 Å². The highest BCUT2D eigenvalue weighted by molar-refractivity contribution is 5.95. The van der Waals surface area contributed by atoms with E-state index in [9.17, 15) is 9.18 Å². The second kappa shape index (κ2) is 7.06. The Kier molecular flexibility index (Phi) is 4.26. The summed E-state index contributed by atoms with van der Waals surface area (Å²) in [6.45, 7) is 2.48. The maximum atomic E-state index is 15.5. The van der Waals surface area contributed by atoms with E-state index in [1.54, 1.807) is 0 Å². The highest BCUT2D eigenvalue weighted by Gasteiger charge is 2.45. The number of nitrogens with zero attached hydrogens (tertiary/aromatic N) is 4. The lowest BCUT2D eigenvalue weighted by molar-refractivity contribution is 0.107. The van der Waals surface area contributed by atoms with Crippen LogP contribution in [0.5, 0.6) is 6.01 Å². The Morgan fingerprint density at radius 3 is 2.75 bits per heavy atom. The first-order valence-electron chi connectivity index (χ1n) is 10.6. The van der Waals surface area contributed by atoms with Crippen LogP contribution in [0.2, 0.25) is 0 Å². The predicted octanol–water partition coefficient (Wildman–Crippen LogP) is 3.15. The molecule has 0 bridgehead atoms. The van der Waals surface area contributed by atoms with Gasteiger partial charge in [0.15, 0.2) is 5.82 Å². The molecular weight excluding hydrogens is 418 g/mol. The first kappa shape index (κ1) is 19.3. The fraction of sp³-hybridized carbons (Fsp3) is 0.364. The van der Waals surface area contributed by atoms with Crippen molar-refractivity contribution in [1.29, 1.82) is 0 Å². The van der Waals surface area contributed by atoms with Crippen LogP contribution >= 0.6 is 0 Å². The van der Waals surface area contributed by atoms with Gasteiger partial charge < -0.3 is 4.74 Å². The minimum atomic E-state index is -0.812. The van der Waals surface area contributed by atoms with Crippen molar-refractivity contribution in [2.45, 2.75) is 31.2 Å². The van der Waals surface area contributed by atoms with Gasteiger partial charge in [0.05, 0.1) is 22.6 Å². The summed E-state index contributed by atoms with van der Waals surface area (Å²) in [5.74, 6) is -1.37. The summed E-state index contributed by atoms with van der Waals surface area (Å²) in [7, 11) is 0. The number of halogens is 2. The van der Waals surface area contributed by atoms with Gasteiger partial charge in [0.25, 0.3) is 11.6 Å². The van der Waals surface area contributed by atoms with E-state index in [-0.39, 0.29) is 33.7 Å². The van der Waals surface area contributed by atoms with Gasteiger partial charge in [-0.2, -0.15) is 10.1 Å². The van der Waals surface area contributed by atoms with E-state index in [1.807, 2.05) is 0 Å². The molecule has 0 saturated carbocycles. The molecule has 0 spiro atoms. The van der Waals surface area contributed by atoms with Gasteiger partial charge in [0.2, 0.25) is 0 Å². The van der Waals surface area contributed by atoms with Gasteiger partial charge in [-0.1, -0.05) is 0 Å². The molecule has 0 amide bonds. The van der Waals surface area contributed by atoms with Gasteiger partial charge in [-0.25, -0.2) is 8.78 Å². The van der Waals surface area contributed by atoms with E-state index in [2.05, 4.69) is 30.0 Å². The molecule has 0 unspecified atom stereocenters. The van der Waals surface area contributed by atoms with Gasteiger partial charge in [-0.05, 0) is 50.9 Å². The van der Waals surface area contributed by atoms with E-state index in [0.29, 0.717) is 17.5 Å². The Bertz CT molecular complexity index is 1410. The molecule has 0 aliphatic carbocycles. The third-order valence-electron chi connectivity index (χ3n) is 6.74. The summed E-state index contributed by atoms with van der Waals surface area (Å²) in [5.41, 5.74) is -0.206. The number of pyridine rings is 1. The molecule has 6 rings (SSSR count). The Labute approximate surface area is 180 Å². The molecule has 8 nitrogen and oxygen atoms in total. The second-order valence-corrected chi connectivity index (χ2v) is 8.55. The average molecular weight is 438 g/mol. The number of hydrogen-bond acceptors (Lipinski definition) is 6. The van der Waals surface area contributed by atoms with Crippen molar-refractivity contribution >= 4 is 21.8 Å². The van der Waals surface area contributed by atoms with Crippen LogP contribution in [0, 0.1) is 11.6 Å². The van der Waals surface area contributed by atoms with Crippen molar-refractivity contribution in [2.75, 3.05) is 19.7 Å². The highest BCUT2D eigenvalue weighted by atomic mass is 19.1. The number of rotatable bonds is 4. The van der Waals surface area contributed by atoms with Crippen LogP contribution in [0.4, 0.5) is 8.78 Å². The number of ether oxygens (including phenoxy) is 1. The fourth-order valence-corrected chi connectivity index (χ4v) is 5.18. The smallest absolute Gasteiger partial charge is 0.297 e. The maximum Gasteiger partial charge on any atom is 0.297 e. The zero-order valence-corrected chi connectivity index (χ0v) is 17.1. The molecule has 2 N–H and O–H groups in total. The Hall–Kier alpha value is -3.40. The largest absolute Gasteiger partial charge is 0.463 e. The highest BCUT2D eigenvalue weighted by Crippen LogP contribution is 2.39. The summed E-state index contributed by atoms with van der Waals surface area (Å²) in [6.07, 6.45) is 7.02.